The molecule has 0 spiro atoms. The van der Waals surface area contributed by atoms with Crippen LogP contribution < -0.4 is 0 Å². The van der Waals surface area contributed by atoms with E-state index in [4.69, 9.17) is 4.74 Å². The van der Waals surface area contributed by atoms with Gasteiger partial charge in [-0.3, -0.25) is 0 Å². The van der Waals surface area contributed by atoms with Gasteiger partial charge in [0.1, 0.15) is 0 Å². The molecule has 0 bridgehead atoms. The summed E-state index contributed by atoms with van der Waals surface area (Å²) in [5, 5.41) is 0. The zero-order valence-corrected chi connectivity index (χ0v) is 14.3. The van der Waals surface area contributed by atoms with Crippen molar-refractivity contribution in [1.82, 2.24) is 0 Å². The number of hydrogen-bond acceptors (Lipinski definition) is 3. The number of carbonyl (C=O) groups excluding carboxylic acids is 1. The number of halogens is 3. The molecule has 0 radical (unpaired) electrons. The number of benzene rings is 1. The third kappa shape index (κ3) is 4.60. The van der Waals surface area contributed by atoms with Crippen LogP contribution in [0.15, 0.2) is 42.0 Å². The predicted molar refractivity (Wildman–Crippen MR) is 85.4 cm³/mol. The second-order valence-corrected chi connectivity index (χ2v) is 5.82. The number of methoxy groups -OCH3 is 1. The Kier molecular flexibility index (Phi) is 7.02. The Morgan fingerprint density at radius 1 is 1.21 bits per heavy atom. The van der Waals surface area contributed by atoms with E-state index in [1.807, 2.05) is 19.9 Å². The van der Waals surface area contributed by atoms with Crippen molar-refractivity contribution < 1.29 is 27.4 Å². The number of rotatable bonds is 7. The fourth-order valence-corrected chi connectivity index (χ4v) is 2.32. The first-order valence-electron chi connectivity index (χ1n) is 7.67. The van der Waals surface area contributed by atoms with E-state index in [0.29, 0.717) is 12.8 Å². The lowest BCUT2D eigenvalue weighted by Crippen LogP contribution is -2.52. The Bertz CT molecular complexity index is 563. The van der Waals surface area contributed by atoms with Crippen molar-refractivity contribution in [2.75, 3.05) is 7.11 Å². The number of hydrogen-bond donors (Lipinski definition) is 0. The highest BCUT2D eigenvalue weighted by Gasteiger charge is 2.64. The van der Waals surface area contributed by atoms with E-state index in [1.165, 1.54) is 24.3 Å². The van der Waals surface area contributed by atoms with Crippen molar-refractivity contribution in [2.24, 2.45) is 0 Å². The molecule has 134 valence electrons. The molecule has 6 heteroatoms. The van der Waals surface area contributed by atoms with Crippen molar-refractivity contribution in [3.8, 4) is 0 Å². The molecule has 3 nitrogen and oxygen atoms in total. The normalized spacial score (nSPS) is 15.3. The lowest BCUT2D eigenvalue weighted by Gasteiger charge is -2.33. The molecule has 0 heterocycles. The monoisotopic (exact) mass is 344 g/mol. The molecular formula is C18H23F3O3. The molecule has 0 fully saturated rings. The average molecular weight is 344 g/mol. The Hall–Kier alpha value is -1.82. The van der Waals surface area contributed by atoms with Crippen LogP contribution in [0.4, 0.5) is 13.2 Å². The molecular weight excluding hydrogens is 321 g/mol. The molecule has 0 saturated heterocycles. The van der Waals surface area contributed by atoms with Gasteiger partial charge in [-0.15, -0.1) is 0 Å². The lowest BCUT2D eigenvalue weighted by atomic mass is 9.92. The van der Waals surface area contributed by atoms with Crippen LogP contribution in [0.5, 0.6) is 0 Å². The molecule has 2 atom stereocenters. The fourth-order valence-electron chi connectivity index (χ4n) is 2.32. The molecule has 0 aromatic heterocycles. The number of alkyl halides is 3. The summed E-state index contributed by atoms with van der Waals surface area (Å²) < 4.78 is 50.8. The van der Waals surface area contributed by atoms with E-state index in [-0.39, 0.29) is 5.56 Å². The first kappa shape index (κ1) is 20.2. The van der Waals surface area contributed by atoms with Crippen LogP contribution in [0.25, 0.3) is 0 Å². The van der Waals surface area contributed by atoms with E-state index in [9.17, 15) is 18.0 Å². The minimum Gasteiger partial charge on any atom is -0.460 e. The number of carbonyl (C=O) groups is 1. The SMILES string of the molecule is CO[C@@](C(=O)O[C@H](C)CCC=C(C)C)(c1ccccc1)C(F)(F)F. The minimum atomic E-state index is -4.94. The predicted octanol–water partition coefficient (Wildman–Crippen LogP) is 4.77. The van der Waals surface area contributed by atoms with Gasteiger partial charge < -0.3 is 9.47 Å². The van der Waals surface area contributed by atoms with Crippen LogP contribution in [0.3, 0.4) is 0 Å². The molecule has 0 aliphatic carbocycles. The van der Waals surface area contributed by atoms with Gasteiger partial charge in [0.15, 0.2) is 0 Å². The summed E-state index contributed by atoms with van der Waals surface area (Å²) in [6.45, 7) is 5.41. The highest BCUT2D eigenvalue weighted by Crippen LogP contribution is 2.43. The number of allylic oxidation sites excluding steroid dienone is 2. The highest BCUT2D eigenvalue weighted by molar-refractivity contribution is 5.82. The summed E-state index contributed by atoms with van der Waals surface area (Å²) >= 11 is 0. The zero-order chi connectivity index (χ0) is 18.4. The van der Waals surface area contributed by atoms with Crippen molar-refractivity contribution >= 4 is 5.97 Å². The van der Waals surface area contributed by atoms with E-state index in [0.717, 1.165) is 12.7 Å². The minimum absolute atomic E-state index is 0.304. The molecule has 1 aromatic carbocycles. The summed E-state index contributed by atoms with van der Waals surface area (Å²) in [4.78, 5) is 12.4. The molecule has 0 aliphatic heterocycles. The highest BCUT2D eigenvalue weighted by atomic mass is 19.4. The van der Waals surface area contributed by atoms with E-state index in [2.05, 4.69) is 4.74 Å². The molecule has 0 saturated carbocycles. The quantitative estimate of drug-likeness (QED) is 0.528. The standard InChI is InChI=1S/C18H23F3O3/c1-13(2)9-8-10-14(3)24-16(22)17(23-4,18(19,20)21)15-11-6-5-7-12-15/h5-7,9,11-12,14H,8,10H2,1-4H3/t14-,17-/m1/s1. The fraction of sp³-hybridized carbons (Fsp3) is 0.500. The maximum absolute atomic E-state index is 13.7. The lowest BCUT2D eigenvalue weighted by molar-refractivity contribution is -0.278. The van der Waals surface area contributed by atoms with Crippen LogP contribution >= 0.6 is 0 Å². The van der Waals surface area contributed by atoms with Gasteiger partial charge in [0.25, 0.3) is 5.60 Å². The van der Waals surface area contributed by atoms with Gasteiger partial charge in [-0.25, -0.2) is 4.79 Å². The zero-order valence-electron chi connectivity index (χ0n) is 14.3. The van der Waals surface area contributed by atoms with Crippen LogP contribution in [-0.4, -0.2) is 25.4 Å². The van der Waals surface area contributed by atoms with Crippen molar-refractivity contribution in [2.45, 2.75) is 51.5 Å². The van der Waals surface area contributed by atoms with E-state index in [1.54, 1.807) is 13.0 Å². The van der Waals surface area contributed by atoms with Gasteiger partial charge in [-0.1, -0.05) is 42.0 Å². The van der Waals surface area contributed by atoms with Gasteiger partial charge in [-0.2, -0.15) is 13.2 Å². The van der Waals surface area contributed by atoms with Crippen molar-refractivity contribution in [1.29, 1.82) is 0 Å². The van der Waals surface area contributed by atoms with E-state index < -0.39 is 23.9 Å². The first-order chi connectivity index (χ1) is 11.1. The molecule has 0 amide bonds. The molecule has 0 unspecified atom stereocenters. The van der Waals surface area contributed by atoms with E-state index >= 15 is 0 Å². The smallest absolute Gasteiger partial charge is 0.432 e. The molecule has 24 heavy (non-hydrogen) atoms. The van der Waals surface area contributed by atoms with Gasteiger partial charge in [0.05, 0.1) is 6.10 Å². The van der Waals surface area contributed by atoms with Gasteiger partial charge >= 0.3 is 12.1 Å². The topological polar surface area (TPSA) is 35.5 Å². The van der Waals surface area contributed by atoms with Gasteiger partial charge in [-0.05, 0) is 33.6 Å². The summed E-state index contributed by atoms with van der Waals surface area (Å²) in [5.74, 6) is -1.45. The average Bonchev–Trinajstić information content (AvgIpc) is 2.47. The van der Waals surface area contributed by atoms with Crippen LogP contribution in [-0.2, 0) is 19.9 Å². The Morgan fingerprint density at radius 3 is 2.25 bits per heavy atom. The van der Waals surface area contributed by atoms with Gasteiger partial charge in [0, 0.05) is 12.7 Å². The summed E-state index contributed by atoms with van der Waals surface area (Å²) in [6.07, 6.45) is -2.61. The summed E-state index contributed by atoms with van der Waals surface area (Å²) in [6, 6.07) is 6.80. The van der Waals surface area contributed by atoms with Gasteiger partial charge in [0.2, 0.25) is 0 Å². The Balaban J connectivity index is 3.04. The van der Waals surface area contributed by atoms with Crippen LogP contribution in [0.1, 0.15) is 39.2 Å². The maximum atomic E-state index is 13.7. The summed E-state index contributed by atoms with van der Waals surface area (Å²) in [5.41, 5.74) is -2.33. The molecule has 0 aliphatic rings. The molecule has 1 aromatic rings. The third-order valence-electron chi connectivity index (χ3n) is 3.61. The second-order valence-electron chi connectivity index (χ2n) is 5.82. The molecule has 0 N–H and O–H groups in total. The maximum Gasteiger partial charge on any atom is 0.432 e. The summed E-state index contributed by atoms with van der Waals surface area (Å²) in [7, 11) is 0.857. The number of ether oxygens (including phenoxy) is 2. The van der Waals surface area contributed by atoms with Crippen LogP contribution in [0.2, 0.25) is 0 Å². The first-order valence-corrected chi connectivity index (χ1v) is 7.67. The van der Waals surface area contributed by atoms with Crippen molar-refractivity contribution in [3.05, 3.63) is 47.5 Å². The van der Waals surface area contributed by atoms with Crippen molar-refractivity contribution in [3.63, 3.8) is 0 Å². The Labute approximate surface area is 140 Å². The third-order valence-corrected chi connectivity index (χ3v) is 3.61. The number of esters is 1. The van der Waals surface area contributed by atoms with Crippen LogP contribution in [0, 0.1) is 0 Å². The molecule has 1 rings (SSSR count). The second kappa shape index (κ2) is 8.33. The Morgan fingerprint density at radius 2 is 1.79 bits per heavy atom. The largest absolute Gasteiger partial charge is 0.460 e.